The van der Waals surface area contributed by atoms with Gasteiger partial charge in [0.25, 0.3) is 5.56 Å². The molecule has 1 heterocycles. The minimum absolute atomic E-state index is 0.134. The third-order valence-electron chi connectivity index (χ3n) is 3.40. The van der Waals surface area contributed by atoms with Gasteiger partial charge >= 0.3 is 5.97 Å². The molecule has 7 heteroatoms. The lowest BCUT2D eigenvalue weighted by atomic mass is 10.3. The zero-order valence-corrected chi connectivity index (χ0v) is 14.9. The molecule has 0 aliphatic heterocycles. The van der Waals surface area contributed by atoms with Crippen LogP contribution in [0.3, 0.4) is 0 Å². The van der Waals surface area contributed by atoms with Gasteiger partial charge in [-0.1, -0.05) is 24.9 Å². The maximum absolute atomic E-state index is 12.0. The van der Waals surface area contributed by atoms with Gasteiger partial charge in [0.1, 0.15) is 5.75 Å². The highest BCUT2D eigenvalue weighted by atomic mass is 35.5. The monoisotopic (exact) mass is 364 g/mol. The highest BCUT2D eigenvalue weighted by Gasteiger charge is 2.11. The number of halogens is 1. The number of hydrogen-bond donors (Lipinski definition) is 0. The number of hydrogen-bond acceptors (Lipinski definition) is 5. The second-order valence-corrected chi connectivity index (χ2v) is 5.86. The molecule has 0 aliphatic rings. The number of aromatic nitrogens is 2. The zero-order chi connectivity index (χ0) is 18.1. The van der Waals surface area contributed by atoms with E-state index in [2.05, 4.69) is 5.10 Å². The summed E-state index contributed by atoms with van der Waals surface area (Å²) >= 11 is 5.80. The van der Waals surface area contributed by atoms with Crippen LogP contribution in [0.15, 0.2) is 41.2 Å². The van der Waals surface area contributed by atoms with Crippen molar-refractivity contribution in [3.05, 3.63) is 57.5 Å². The number of carbonyl (C=O) groups excluding carboxylic acids is 1. The predicted molar refractivity (Wildman–Crippen MR) is 95.3 cm³/mol. The molecule has 0 saturated carbocycles. The lowest BCUT2D eigenvalue weighted by molar-refractivity contribution is 0.0476. The number of rotatable bonds is 9. The van der Waals surface area contributed by atoms with Crippen LogP contribution >= 0.6 is 11.6 Å². The summed E-state index contributed by atoms with van der Waals surface area (Å²) in [5, 5.41) is 4.70. The van der Waals surface area contributed by atoms with E-state index in [1.165, 1.54) is 16.8 Å². The van der Waals surface area contributed by atoms with E-state index >= 15 is 0 Å². The first-order valence-electron chi connectivity index (χ1n) is 8.24. The Bertz CT molecular complexity index is 743. The van der Waals surface area contributed by atoms with E-state index in [1.54, 1.807) is 24.3 Å². The first-order valence-corrected chi connectivity index (χ1v) is 8.61. The van der Waals surface area contributed by atoms with Crippen LogP contribution in [0.2, 0.25) is 5.02 Å². The summed E-state index contributed by atoms with van der Waals surface area (Å²) in [5.74, 6) is 0.164. The Morgan fingerprint density at radius 2 is 1.88 bits per heavy atom. The van der Waals surface area contributed by atoms with E-state index in [1.807, 2.05) is 6.92 Å². The summed E-state index contributed by atoms with van der Waals surface area (Å²) in [6.45, 7) is 3.14. The number of carbonyl (C=O) groups is 1. The van der Waals surface area contributed by atoms with Crippen molar-refractivity contribution < 1.29 is 14.3 Å². The molecule has 6 nitrogen and oxygen atoms in total. The Morgan fingerprint density at radius 1 is 1.12 bits per heavy atom. The van der Waals surface area contributed by atoms with Crippen LogP contribution in [0.4, 0.5) is 0 Å². The lowest BCUT2D eigenvalue weighted by Gasteiger charge is -2.08. The first kappa shape index (κ1) is 19.0. The van der Waals surface area contributed by atoms with Crippen LogP contribution in [0.25, 0.3) is 0 Å². The normalized spacial score (nSPS) is 10.5. The lowest BCUT2D eigenvalue weighted by Crippen LogP contribution is -2.25. The van der Waals surface area contributed by atoms with Gasteiger partial charge in [-0.05, 0) is 36.8 Å². The summed E-state index contributed by atoms with van der Waals surface area (Å²) in [7, 11) is 0. The summed E-state index contributed by atoms with van der Waals surface area (Å²) in [6.07, 6.45) is 2.31. The highest BCUT2D eigenvalue weighted by molar-refractivity contribution is 6.30. The Kier molecular flexibility index (Phi) is 7.47. The summed E-state index contributed by atoms with van der Waals surface area (Å²) in [4.78, 5) is 23.7. The van der Waals surface area contributed by atoms with Crippen molar-refractivity contribution in [2.24, 2.45) is 0 Å². The fourth-order valence-electron chi connectivity index (χ4n) is 2.04. The van der Waals surface area contributed by atoms with Crippen molar-refractivity contribution in [1.29, 1.82) is 0 Å². The molecule has 1 aromatic carbocycles. The molecular weight excluding hydrogens is 344 g/mol. The molecule has 0 fully saturated rings. The SMILES string of the molecule is CCCCn1nc(C(=O)OCCCOc2ccc(Cl)cc2)ccc1=O. The van der Waals surface area contributed by atoms with Gasteiger partial charge in [0.05, 0.1) is 13.2 Å². The van der Waals surface area contributed by atoms with Gasteiger partial charge in [-0.25, -0.2) is 9.48 Å². The molecular formula is C18H21ClN2O4. The second-order valence-electron chi connectivity index (χ2n) is 5.43. The van der Waals surface area contributed by atoms with Crippen molar-refractivity contribution in [2.75, 3.05) is 13.2 Å². The molecule has 0 N–H and O–H groups in total. The Morgan fingerprint density at radius 3 is 2.60 bits per heavy atom. The minimum atomic E-state index is -0.545. The van der Waals surface area contributed by atoms with Gasteiger partial charge in [0.2, 0.25) is 0 Å². The van der Waals surface area contributed by atoms with E-state index in [9.17, 15) is 9.59 Å². The van der Waals surface area contributed by atoms with Gasteiger partial charge < -0.3 is 9.47 Å². The van der Waals surface area contributed by atoms with Gasteiger partial charge in [0.15, 0.2) is 5.69 Å². The average molecular weight is 365 g/mol. The van der Waals surface area contributed by atoms with E-state index in [0.717, 1.165) is 12.8 Å². The van der Waals surface area contributed by atoms with Crippen LogP contribution in [0.5, 0.6) is 5.75 Å². The number of esters is 1. The van der Waals surface area contributed by atoms with Crippen molar-refractivity contribution in [3.8, 4) is 5.75 Å². The standard InChI is InChI=1S/C18H21ClN2O4/c1-2-3-11-21-17(22)10-9-16(20-21)18(23)25-13-4-12-24-15-7-5-14(19)6-8-15/h5-10H,2-4,11-13H2,1H3. The van der Waals surface area contributed by atoms with Crippen molar-refractivity contribution in [1.82, 2.24) is 9.78 Å². The third kappa shape index (κ3) is 6.23. The van der Waals surface area contributed by atoms with Crippen molar-refractivity contribution >= 4 is 17.6 Å². The average Bonchev–Trinajstić information content (AvgIpc) is 2.62. The highest BCUT2D eigenvalue weighted by Crippen LogP contribution is 2.15. The molecule has 0 spiro atoms. The number of aryl methyl sites for hydroxylation is 1. The molecule has 0 saturated heterocycles. The van der Waals surface area contributed by atoms with Gasteiger partial charge in [-0.3, -0.25) is 4.79 Å². The first-order chi connectivity index (χ1) is 12.1. The molecule has 0 amide bonds. The fraction of sp³-hybridized carbons (Fsp3) is 0.389. The van der Waals surface area contributed by atoms with E-state index in [4.69, 9.17) is 21.1 Å². The minimum Gasteiger partial charge on any atom is -0.493 e. The molecule has 0 bridgehead atoms. The number of unbranched alkanes of at least 4 members (excludes halogenated alkanes) is 1. The van der Waals surface area contributed by atoms with Gasteiger partial charge in [-0.15, -0.1) is 0 Å². The molecule has 2 aromatic rings. The second kappa shape index (κ2) is 9.84. The third-order valence-corrected chi connectivity index (χ3v) is 3.66. The van der Waals surface area contributed by atoms with Gasteiger partial charge in [0, 0.05) is 24.1 Å². The molecule has 1 aromatic heterocycles. The van der Waals surface area contributed by atoms with Crippen molar-refractivity contribution in [2.45, 2.75) is 32.7 Å². The predicted octanol–water partition coefficient (Wildman–Crippen LogP) is 3.32. The van der Waals surface area contributed by atoms with E-state index in [0.29, 0.717) is 30.3 Å². The van der Waals surface area contributed by atoms with Crippen LogP contribution in [0, 0.1) is 0 Å². The Balaban J connectivity index is 1.76. The largest absolute Gasteiger partial charge is 0.493 e. The van der Waals surface area contributed by atoms with E-state index in [-0.39, 0.29) is 17.9 Å². The van der Waals surface area contributed by atoms with E-state index < -0.39 is 5.97 Å². The van der Waals surface area contributed by atoms with Crippen LogP contribution in [0.1, 0.15) is 36.7 Å². The summed E-state index contributed by atoms with van der Waals surface area (Å²) in [5.41, 5.74) is -0.0873. The maximum atomic E-state index is 12.0. The van der Waals surface area contributed by atoms with Crippen LogP contribution in [-0.4, -0.2) is 29.0 Å². The van der Waals surface area contributed by atoms with Crippen LogP contribution < -0.4 is 10.3 Å². The molecule has 0 radical (unpaired) electrons. The smallest absolute Gasteiger partial charge is 0.358 e. The summed E-state index contributed by atoms with van der Waals surface area (Å²) in [6, 6.07) is 9.77. The van der Waals surface area contributed by atoms with Crippen LogP contribution in [-0.2, 0) is 11.3 Å². The molecule has 134 valence electrons. The number of benzene rings is 1. The molecule has 0 atom stereocenters. The van der Waals surface area contributed by atoms with Crippen molar-refractivity contribution in [3.63, 3.8) is 0 Å². The maximum Gasteiger partial charge on any atom is 0.358 e. The number of ether oxygens (including phenoxy) is 2. The molecule has 0 unspecified atom stereocenters. The molecule has 2 rings (SSSR count). The molecule has 25 heavy (non-hydrogen) atoms. The quantitative estimate of drug-likeness (QED) is 0.504. The molecule has 0 aliphatic carbocycles. The Labute approximate surface area is 151 Å². The fourth-order valence-corrected chi connectivity index (χ4v) is 2.17. The summed E-state index contributed by atoms with van der Waals surface area (Å²) < 4.78 is 12.0. The topological polar surface area (TPSA) is 70.4 Å². The van der Waals surface area contributed by atoms with Gasteiger partial charge in [-0.2, -0.15) is 5.10 Å². The zero-order valence-electron chi connectivity index (χ0n) is 14.1. The number of nitrogens with zero attached hydrogens (tertiary/aromatic N) is 2. The Hall–Kier alpha value is -2.34.